The summed E-state index contributed by atoms with van der Waals surface area (Å²) < 4.78 is 1.86. The van der Waals surface area contributed by atoms with Gasteiger partial charge in [0.2, 0.25) is 0 Å². The number of aryl methyl sites for hydroxylation is 2. The second-order valence-electron chi connectivity index (χ2n) is 6.67. The largest absolute Gasteiger partial charge is 0.357 e. The van der Waals surface area contributed by atoms with Crippen molar-refractivity contribution in [3.05, 3.63) is 41.3 Å². The Kier molecular flexibility index (Phi) is 6.98. The van der Waals surface area contributed by atoms with Crippen LogP contribution in [-0.4, -0.2) is 33.8 Å². The van der Waals surface area contributed by atoms with Gasteiger partial charge in [-0.2, -0.15) is 5.10 Å². The van der Waals surface area contributed by atoms with Crippen LogP contribution in [0, 0.1) is 19.8 Å². The van der Waals surface area contributed by atoms with Gasteiger partial charge in [-0.15, -0.1) is 0 Å². The first-order valence-electron chi connectivity index (χ1n) is 9.00. The minimum Gasteiger partial charge on any atom is -0.357 e. The monoisotopic (exact) mass is 342 g/mol. The molecule has 0 unspecified atom stereocenters. The Bertz CT molecular complexity index is 684. The molecule has 0 saturated heterocycles. The lowest BCUT2D eigenvalue weighted by atomic mass is 10.1. The van der Waals surface area contributed by atoms with Crippen molar-refractivity contribution >= 4 is 5.96 Å². The van der Waals surface area contributed by atoms with E-state index in [0.29, 0.717) is 12.5 Å². The number of rotatable bonds is 7. The summed E-state index contributed by atoms with van der Waals surface area (Å²) in [6, 6.07) is 6.09. The number of guanidine groups is 1. The standard InChI is InChI=1S/C19H30N6/c1-6-20-19(21-10-9-14(2)3)23-13-17-7-8-18(22-12-17)25-16(5)11-15(4)24-25/h7-8,11-12,14H,6,9-10,13H2,1-5H3,(H2,20,21,23). The topological polar surface area (TPSA) is 67.1 Å². The first-order valence-corrected chi connectivity index (χ1v) is 9.00. The summed E-state index contributed by atoms with van der Waals surface area (Å²) in [5, 5.41) is 11.1. The molecule has 6 heteroatoms. The van der Waals surface area contributed by atoms with E-state index in [2.05, 4.69) is 52.5 Å². The van der Waals surface area contributed by atoms with Crippen molar-refractivity contribution in [3.63, 3.8) is 0 Å². The first kappa shape index (κ1) is 19.0. The van der Waals surface area contributed by atoms with Crippen molar-refractivity contribution in [2.45, 2.75) is 47.6 Å². The summed E-state index contributed by atoms with van der Waals surface area (Å²) >= 11 is 0. The molecule has 2 aromatic rings. The molecule has 0 amide bonds. The number of hydrogen-bond donors (Lipinski definition) is 2. The van der Waals surface area contributed by atoms with Crippen molar-refractivity contribution < 1.29 is 0 Å². The van der Waals surface area contributed by atoms with E-state index in [1.807, 2.05) is 36.9 Å². The fourth-order valence-corrected chi connectivity index (χ4v) is 2.49. The van der Waals surface area contributed by atoms with Gasteiger partial charge >= 0.3 is 0 Å². The molecule has 6 nitrogen and oxygen atoms in total. The Labute approximate surface area is 150 Å². The zero-order valence-corrected chi connectivity index (χ0v) is 16.0. The molecule has 0 aliphatic carbocycles. The van der Waals surface area contributed by atoms with Gasteiger partial charge < -0.3 is 10.6 Å². The molecule has 2 rings (SSSR count). The van der Waals surface area contributed by atoms with Crippen LogP contribution in [0.4, 0.5) is 0 Å². The lowest BCUT2D eigenvalue weighted by molar-refractivity contribution is 0.573. The van der Waals surface area contributed by atoms with Crippen LogP contribution in [0.25, 0.3) is 5.82 Å². The molecular weight excluding hydrogens is 312 g/mol. The normalized spacial score (nSPS) is 11.8. The van der Waals surface area contributed by atoms with Crippen LogP contribution >= 0.6 is 0 Å². The molecule has 2 aromatic heterocycles. The van der Waals surface area contributed by atoms with Gasteiger partial charge in [0, 0.05) is 25.0 Å². The Balaban J connectivity index is 1.99. The smallest absolute Gasteiger partial charge is 0.191 e. The third-order valence-corrected chi connectivity index (χ3v) is 3.81. The number of aromatic nitrogens is 3. The maximum absolute atomic E-state index is 4.64. The summed E-state index contributed by atoms with van der Waals surface area (Å²) in [4.78, 5) is 9.16. The van der Waals surface area contributed by atoms with E-state index < -0.39 is 0 Å². The van der Waals surface area contributed by atoms with E-state index in [9.17, 15) is 0 Å². The van der Waals surface area contributed by atoms with E-state index in [0.717, 1.165) is 48.2 Å². The van der Waals surface area contributed by atoms with Crippen LogP contribution in [0.2, 0.25) is 0 Å². The maximum Gasteiger partial charge on any atom is 0.191 e. The van der Waals surface area contributed by atoms with Crippen LogP contribution in [-0.2, 0) is 6.54 Å². The predicted molar refractivity (Wildman–Crippen MR) is 103 cm³/mol. The van der Waals surface area contributed by atoms with Gasteiger partial charge in [-0.05, 0) is 50.8 Å². The van der Waals surface area contributed by atoms with Gasteiger partial charge in [0.05, 0.1) is 12.2 Å². The Hall–Kier alpha value is -2.37. The summed E-state index contributed by atoms with van der Waals surface area (Å²) in [6.07, 6.45) is 3.00. The summed E-state index contributed by atoms with van der Waals surface area (Å²) in [6.45, 7) is 12.9. The van der Waals surface area contributed by atoms with Crippen LogP contribution in [0.5, 0.6) is 0 Å². The predicted octanol–water partition coefficient (Wildman–Crippen LogP) is 2.99. The van der Waals surface area contributed by atoms with Crippen molar-refractivity contribution in [2.75, 3.05) is 13.1 Å². The van der Waals surface area contributed by atoms with Crippen molar-refractivity contribution in [3.8, 4) is 5.82 Å². The molecular formula is C19H30N6. The Morgan fingerprint density at radius 1 is 1.24 bits per heavy atom. The molecule has 136 valence electrons. The molecule has 0 spiro atoms. The first-order chi connectivity index (χ1) is 12.0. The number of pyridine rings is 1. The van der Waals surface area contributed by atoms with Crippen molar-refractivity contribution in [1.29, 1.82) is 0 Å². The van der Waals surface area contributed by atoms with Gasteiger partial charge in [0.25, 0.3) is 0 Å². The van der Waals surface area contributed by atoms with Crippen LogP contribution in [0.1, 0.15) is 44.1 Å². The van der Waals surface area contributed by atoms with Crippen LogP contribution in [0.15, 0.2) is 29.4 Å². The molecule has 25 heavy (non-hydrogen) atoms. The molecule has 0 aliphatic heterocycles. The highest BCUT2D eigenvalue weighted by molar-refractivity contribution is 5.79. The molecule has 2 heterocycles. The van der Waals surface area contributed by atoms with E-state index in [4.69, 9.17) is 0 Å². The van der Waals surface area contributed by atoms with Crippen molar-refractivity contribution in [2.24, 2.45) is 10.9 Å². The van der Waals surface area contributed by atoms with Crippen LogP contribution in [0.3, 0.4) is 0 Å². The summed E-state index contributed by atoms with van der Waals surface area (Å²) in [5.74, 6) is 2.37. The quantitative estimate of drug-likeness (QED) is 0.600. The van der Waals surface area contributed by atoms with Gasteiger partial charge in [-0.1, -0.05) is 19.9 Å². The molecule has 0 saturated carbocycles. The second kappa shape index (κ2) is 9.20. The lowest BCUT2D eigenvalue weighted by Gasteiger charge is -2.12. The molecule has 0 aliphatic rings. The molecule has 0 bridgehead atoms. The fraction of sp³-hybridized carbons (Fsp3) is 0.526. The van der Waals surface area contributed by atoms with Crippen molar-refractivity contribution in [1.82, 2.24) is 25.4 Å². The van der Waals surface area contributed by atoms with Gasteiger partial charge in [-0.3, -0.25) is 0 Å². The van der Waals surface area contributed by atoms with E-state index in [1.165, 1.54) is 0 Å². The SMILES string of the molecule is CCNC(=NCc1ccc(-n2nc(C)cc2C)nc1)NCCC(C)C. The zero-order chi connectivity index (χ0) is 18.2. The zero-order valence-electron chi connectivity index (χ0n) is 16.0. The van der Waals surface area contributed by atoms with Gasteiger partial charge in [-0.25, -0.2) is 14.7 Å². The summed E-state index contributed by atoms with van der Waals surface area (Å²) in [7, 11) is 0. The molecule has 0 aromatic carbocycles. The highest BCUT2D eigenvalue weighted by Crippen LogP contribution is 2.10. The van der Waals surface area contributed by atoms with E-state index in [-0.39, 0.29) is 0 Å². The number of aliphatic imine (C=N–C) groups is 1. The molecule has 2 N–H and O–H groups in total. The molecule has 0 radical (unpaired) electrons. The minimum atomic E-state index is 0.599. The fourth-order valence-electron chi connectivity index (χ4n) is 2.49. The lowest BCUT2D eigenvalue weighted by Crippen LogP contribution is -2.38. The third kappa shape index (κ3) is 5.89. The molecule has 0 fully saturated rings. The van der Waals surface area contributed by atoms with E-state index in [1.54, 1.807) is 0 Å². The second-order valence-corrected chi connectivity index (χ2v) is 6.67. The van der Waals surface area contributed by atoms with Gasteiger partial charge in [0.1, 0.15) is 0 Å². The number of nitrogens with one attached hydrogen (secondary N) is 2. The highest BCUT2D eigenvalue weighted by Gasteiger charge is 2.05. The van der Waals surface area contributed by atoms with Gasteiger partial charge in [0.15, 0.2) is 11.8 Å². The maximum atomic E-state index is 4.64. The van der Waals surface area contributed by atoms with Crippen LogP contribution < -0.4 is 10.6 Å². The average Bonchev–Trinajstić information content (AvgIpc) is 2.91. The molecule has 0 atom stereocenters. The minimum absolute atomic E-state index is 0.599. The number of hydrogen-bond acceptors (Lipinski definition) is 3. The average molecular weight is 342 g/mol. The van der Waals surface area contributed by atoms with E-state index >= 15 is 0 Å². The highest BCUT2D eigenvalue weighted by atomic mass is 15.3. The Morgan fingerprint density at radius 3 is 2.60 bits per heavy atom. The third-order valence-electron chi connectivity index (χ3n) is 3.81. The Morgan fingerprint density at radius 2 is 2.04 bits per heavy atom. The number of nitrogens with zero attached hydrogens (tertiary/aromatic N) is 4. The summed E-state index contributed by atoms with van der Waals surface area (Å²) in [5.41, 5.74) is 3.15.